The van der Waals surface area contributed by atoms with Gasteiger partial charge in [-0.25, -0.2) is 0 Å². The fourth-order valence-electron chi connectivity index (χ4n) is 1.29. The van der Waals surface area contributed by atoms with Gasteiger partial charge in [0.05, 0.1) is 3.79 Å². The van der Waals surface area contributed by atoms with Gasteiger partial charge in [0.1, 0.15) is 0 Å². The van der Waals surface area contributed by atoms with E-state index in [1.807, 2.05) is 7.05 Å². The Hall–Kier alpha value is -0.130. The smallest absolute Gasteiger partial charge is 0.169 e. The predicted octanol–water partition coefficient (Wildman–Crippen LogP) is 2.98. The van der Waals surface area contributed by atoms with E-state index in [0.29, 0.717) is 6.04 Å². The third kappa shape index (κ3) is 3.43. The molecule has 0 bridgehead atoms. The number of nitrogens with zero attached hydrogens (tertiary/aromatic N) is 1. The van der Waals surface area contributed by atoms with E-state index in [1.165, 1.54) is 22.2 Å². The van der Waals surface area contributed by atoms with Crippen molar-refractivity contribution in [1.29, 1.82) is 0 Å². The number of hydrogen-bond acceptors (Lipinski definition) is 2. The predicted molar refractivity (Wildman–Crippen MR) is 72.2 cm³/mol. The van der Waals surface area contributed by atoms with Crippen molar-refractivity contribution < 1.29 is 0 Å². The average molecular weight is 305 g/mol. The summed E-state index contributed by atoms with van der Waals surface area (Å²) in [6, 6.07) is 2.77. The SMILES string of the molecule is CN(Cc1csc(Br)c1)C(=S)NC1CC1. The second kappa shape index (κ2) is 4.80. The first-order valence-corrected chi connectivity index (χ1v) is 6.98. The highest BCUT2D eigenvalue weighted by atomic mass is 79.9. The first-order chi connectivity index (χ1) is 7.15. The van der Waals surface area contributed by atoms with Crippen LogP contribution >= 0.6 is 39.5 Å². The number of hydrogen-bond donors (Lipinski definition) is 1. The Morgan fingerprint density at radius 1 is 1.73 bits per heavy atom. The molecule has 0 saturated heterocycles. The van der Waals surface area contributed by atoms with E-state index in [1.54, 1.807) is 11.3 Å². The van der Waals surface area contributed by atoms with Crippen LogP contribution in [0.4, 0.5) is 0 Å². The van der Waals surface area contributed by atoms with Gasteiger partial charge >= 0.3 is 0 Å². The summed E-state index contributed by atoms with van der Waals surface area (Å²) >= 11 is 10.5. The zero-order chi connectivity index (χ0) is 10.8. The lowest BCUT2D eigenvalue weighted by molar-refractivity contribution is 0.489. The number of nitrogens with one attached hydrogen (secondary N) is 1. The number of thiophene rings is 1. The Morgan fingerprint density at radius 2 is 2.47 bits per heavy atom. The van der Waals surface area contributed by atoms with Gasteiger partial charge in [-0.05, 0) is 58.0 Å². The van der Waals surface area contributed by atoms with Gasteiger partial charge in [-0.3, -0.25) is 0 Å². The maximum absolute atomic E-state index is 5.31. The molecule has 5 heteroatoms. The Morgan fingerprint density at radius 3 is 3.00 bits per heavy atom. The highest BCUT2D eigenvalue weighted by Gasteiger charge is 2.22. The van der Waals surface area contributed by atoms with Gasteiger partial charge in [0.15, 0.2) is 5.11 Å². The van der Waals surface area contributed by atoms with Crippen LogP contribution < -0.4 is 5.32 Å². The van der Waals surface area contributed by atoms with E-state index < -0.39 is 0 Å². The van der Waals surface area contributed by atoms with Gasteiger partial charge in [-0.1, -0.05) is 0 Å². The topological polar surface area (TPSA) is 15.3 Å². The van der Waals surface area contributed by atoms with Crippen molar-refractivity contribution in [1.82, 2.24) is 10.2 Å². The van der Waals surface area contributed by atoms with Gasteiger partial charge in [0.25, 0.3) is 0 Å². The zero-order valence-electron chi connectivity index (χ0n) is 8.50. The molecule has 0 amide bonds. The zero-order valence-corrected chi connectivity index (χ0v) is 11.7. The summed E-state index contributed by atoms with van der Waals surface area (Å²) in [5, 5.41) is 6.34. The molecule has 1 aliphatic carbocycles. The summed E-state index contributed by atoms with van der Waals surface area (Å²) in [6.07, 6.45) is 2.52. The Bertz CT molecular complexity index is 360. The molecule has 0 aliphatic heterocycles. The molecule has 0 atom stereocenters. The van der Waals surface area contributed by atoms with Gasteiger partial charge < -0.3 is 10.2 Å². The van der Waals surface area contributed by atoms with Crippen LogP contribution in [0.25, 0.3) is 0 Å². The molecule has 15 heavy (non-hydrogen) atoms. The molecule has 1 N–H and O–H groups in total. The molecular weight excluding hydrogens is 292 g/mol. The van der Waals surface area contributed by atoms with Crippen LogP contribution in [0.2, 0.25) is 0 Å². The van der Waals surface area contributed by atoms with Crippen molar-refractivity contribution in [2.24, 2.45) is 0 Å². The summed E-state index contributed by atoms with van der Waals surface area (Å²) in [5.41, 5.74) is 1.30. The lowest BCUT2D eigenvalue weighted by Gasteiger charge is -2.20. The van der Waals surface area contributed by atoms with E-state index in [0.717, 1.165) is 11.7 Å². The molecule has 1 aromatic heterocycles. The lowest BCUT2D eigenvalue weighted by atomic mass is 10.3. The monoisotopic (exact) mass is 304 g/mol. The number of halogens is 1. The minimum atomic E-state index is 0.633. The van der Waals surface area contributed by atoms with Crippen LogP contribution in [-0.2, 0) is 6.54 Å². The van der Waals surface area contributed by atoms with E-state index in [4.69, 9.17) is 12.2 Å². The van der Waals surface area contributed by atoms with Crippen molar-refractivity contribution >= 4 is 44.6 Å². The molecule has 2 rings (SSSR count). The third-order valence-electron chi connectivity index (χ3n) is 2.29. The van der Waals surface area contributed by atoms with Gasteiger partial charge in [-0.15, -0.1) is 11.3 Å². The second-order valence-electron chi connectivity index (χ2n) is 3.84. The normalized spacial score (nSPS) is 15.1. The molecule has 0 unspecified atom stereocenters. The molecule has 1 aromatic rings. The molecule has 1 fully saturated rings. The van der Waals surface area contributed by atoms with E-state index in [-0.39, 0.29) is 0 Å². The minimum Gasteiger partial charge on any atom is -0.360 e. The fourth-order valence-corrected chi connectivity index (χ4v) is 2.72. The number of thiocarbonyl (C=S) groups is 1. The number of rotatable bonds is 3. The standard InChI is InChI=1S/C10H13BrN2S2/c1-13(10(14)12-8-2-3-8)5-7-4-9(11)15-6-7/h4,6,8H,2-3,5H2,1H3,(H,12,14). The van der Waals surface area contributed by atoms with Crippen LogP contribution in [0.1, 0.15) is 18.4 Å². The minimum absolute atomic E-state index is 0.633. The Balaban J connectivity index is 1.84. The van der Waals surface area contributed by atoms with Crippen molar-refractivity contribution in [2.45, 2.75) is 25.4 Å². The average Bonchev–Trinajstić information content (AvgIpc) is 2.90. The second-order valence-corrected chi connectivity index (χ2v) is 6.52. The van der Waals surface area contributed by atoms with Crippen molar-refractivity contribution in [3.8, 4) is 0 Å². The van der Waals surface area contributed by atoms with Crippen molar-refractivity contribution in [3.05, 3.63) is 20.8 Å². The Labute approximate surface area is 108 Å². The summed E-state index contributed by atoms with van der Waals surface area (Å²) in [4.78, 5) is 2.09. The van der Waals surface area contributed by atoms with Crippen molar-refractivity contribution in [3.63, 3.8) is 0 Å². The maximum Gasteiger partial charge on any atom is 0.169 e. The van der Waals surface area contributed by atoms with Crippen LogP contribution in [-0.4, -0.2) is 23.1 Å². The molecule has 0 spiro atoms. The summed E-state index contributed by atoms with van der Waals surface area (Å²) in [6.45, 7) is 0.876. The van der Waals surface area contributed by atoms with Crippen molar-refractivity contribution in [2.75, 3.05) is 7.05 Å². The molecule has 1 saturated carbocycles. The van der Waals surface area contributed by atoms with Crippen LogP contribution in [0.5, 0.6) is 0 Å². The van der Waals surface area contributed by atoms with Crippen LogP contribution in [0, 0.1) is 0 Å². The summed E-state index contributed by atoms with van der Waals surface area (Å²) in [5.74, 6) is 0. The highest BCUT2D eigenvalue weighted by Crippen LogP contribution is 2.22. The van der Waals surface area contributed by atoms with Crippen LogP contribution in [0.15, 0.2) is 15.2 Å². The first kappa shape index (κ1) is 11.4. The molecule has 0 aromatic carbocycles. The molecular formula is C10H13BrN2S2. The molecule has 82 valence electrons. The first-order valence-electron chi connectivity index (χ1n) is 4.89. The largest absolute Gasteiger partial charge is 0.360 e. The lowest BCUT2D eigenvalue weighted by Crippen LogP contribution is -2.37. The molecule has 1 aliphatic rings. The molecule has 1 heterocycles. The molecule has 0 radical (unpaired) electrons. The maximum atomic E-state index is 5.31. The quantitative estimate of drug-likeness (QED) is 0.864. The summed E-state index contributed by atoms with van der Waals surface area (Å²) in [7, 11) is 2.03. The van der Waals surface area contributed by atoms with Gasteiger partial charge in [0, 0.05) is 19.6 Å². The highest BCUT2D eigenvalue weighted by molar-refractivity contribution is 9.11. The molecule has 2 nitrogen and oxygen atoms in total. The van der Waals surface area contributed by atoms with E-state index >= 15 is 0 Å². The van der Waals surface area contributed by atoms with E-state index in [2.05, 4.69) is 37.6 Å². The summed E-state index contributed by atoms with van der Waals surface area (Å²) < 4.78 is 1.17. The van der Waals surface area contributed by atoms with E-state index in [9.17, 15) is 0 Å². The van der Waals surface area contributed by atoms with Gasteiger partial charge in [0.2, 0.25) is 0 Å². The third-order valence-corrected chi connectivity index (χ3v) is 4.28. The Kier molecular flexibility index (Phi) is 3.64. The fraction of sp³-hybridized carbons (Fsp3) is 0.500. The van der Waals surface area contributed by atoms with Crippen LogP contribution in [0.3, 0.4) is 0 Å². The van der Waals surface area contributed by atoms with Gasteiger partial charge in [-0.2, -0.15) is 0 Å².